The zero-order chi connectivity index (χ0) is 25.6. The van der Waals surface area contributed by atoms with Gasteiger partial charge < -0.3 is 14.0 Å². The lowest BCUT2D eigenvalue weighted by molar-refractivity contribution is 0.0976. The smallest absolute Gasteiger partial charge is 0.434 e. The van der Waals surface area contributed by atoms with Gasteiger partial charge in [0.2, 0.25) is 0 Å². The molecule has 0 amide bonds. The topological polar surface area (TPSA) is 80.3 Å². The van der Waals surface area contributed by atoms with Crippen LogP contribution in [0.3, 0.4) is 0 Å². The molecule has 0 atom stereocenters. The van der Waals surface area contributed by atoms with Crippen LogP contribution in [-0.4, -0.2) is 45.3 Å². The lowest BCUT2D eigenvalue weighted by atomic mass is 10.0. The second kappa shape index (κ2) is 9.46. The van der Waals surface area contributed by atoms with E-state index in [0.717, 1.165) is 32.2 Å². The summed E-state index contributed by atoms with van der Waals surface area (Å²) in [4.78, 5) is 25.5. The van der Waals surface area contributed by atoms with Gasteiger partial charge in [0.15, 0.2) is 0 Å². The summed E-state index contributed by atoms with van der Waals surface area (Å²) in [5.74, 6) is 0. The minimum absolute atomic E-state index is 0.144. The maximum absolute atomic E-state index is 13.3. The first-order chi connectivity index (χ1) is 17.3. The monoisotopic (exact) mass is 524 g/mol. The number of methoxy groups -OCH3 is 1. The third kappa shape index (κ3) is 4.07. The number of benzene rings is 2. The van der Waals surface area contributed by atoms with Crippen molar-refractivity contribution in [2.45, 2.75) is 0 Å². The Kier molecular flexibility index (Phi) is 6.34. The zero-order valence-electron chi connectivity index (χ0n) is 19.8. The van der Waals surface area contributed by atoms with Crippen LogP contribution in [0.2, 0.25) is 10.0 Å². The number of rotatable bonds is 5. The van der Waals surface area contributed by atoms with Crippen LogP contribution in [0, 0.1) is 0 Å². The van der Waals surface area contributed by atoms with Gasteiger partial charge in [-0.1, -0.05) is 35.3 Å². The standard InChI is InChI=1S/C26H22Cl2N4O4/c1-30-23-7-4-15(22-8-9-32(29-22)26(34)36-11-10-35-3)12-18(23)19-14-20(25(33)31(2)24(19)30)17-6-5-16(27)13-21(17)28/h4-9,12-14H,10-11H2,1-3H3. The molecule has 0 N–H and O–H groups in total. The zero-order valence-corrected chi connectivity index (χ0v) is 21.3. The van der Waals surface area contributed by atoms with E-state index in [2.05, 4.69) is 5.10 Å². The highest BCUT2D eigenvalue weighted by Crippen LogP contribution is 2.35. The van der Waals surface area contributed by atoms with E-state index in [1.807, 2.05) is 35.9 Å². The number of aromatic nitrogens is 4. The van der Waals surface area contributed by atoms with Gasteiger partial charge >= 0.3 is 6.09 Å². The van der Waals surface area contributed by atoms with E-state index in [1.165, 1.54) is 7.11 Å². The van der Waals surface area contributed by atoms with Gasteiger partial charge in [0, 0.05) is 59.9 Å². The van der Waals surface area contributed by atoms with Gasteiger partial charge in [-0.25, -0.2) is 4.79 Å². The summed E-state index contributed by atoms with van der Waals surface area (Å²) in [5.41, 5.74) is 4.08. The van der Waals surface area contributed by atoms with E-state index in [4.69, 9.17) is 32.7 Å². The molecule has 0 radical (unpaired) electrons. The lowest BCUT2D eigenvalue weighted by Gasteiger charge is -2.09. The Bertz CT molecular complexity index is 1700. The Balaban J connectivity index is 1.64. The maximum atomic E-state index is 13.3. The highest BCUT2D eigenvalue weighted by molar-refractivity contribution is 6.36. The summed E-state index contributed by atoms with van der Waals surface area (Å²) in [6.07, 6.45) is 0.978. The van der Waals surface area contributed by atoms with E-state index in [9.17, 15) is 9.59 Å². The Morgan fingerprint density at radius 3 is 2.50 bits per heavy atom. The van der Waals surface area contributed by atoms with Gasteiger partial charge in [-0.15, -0.1) is 0 Å². The number of hydrogen-bond acceptors (Lipinski definition) is 5. The van der Waals surface area contributed by atoms with Gasteiger partial charge in [0.25, 0.3) is 5.56 Å². The first-order valence-corrected chi connectivity index (χ1v) is 11.9. The van der Waals surface area contributed by atoms with Crippen molar-refractivity contribution in [3.05, 3.63) is 75.1 Å². The number of nitrogens with zero attached hydrogens (tertiary/aromatic N) is 4. The predicted molar refractivity (Wildman–Crippen MR) is 141 cm³/mol. The molecule has 0 aliphatic heterocycles. The number of hydrogen-bond donors (Lipinski definition) is 0. The summed E-state index contributed by atoms with van der Waals surface area (Å²) in [6, 6.07) is 14.6. The van der Waals surface area contributed by atoms with Gasteiger partial charge in [-0.3, -0.25) is 9.36 Å². The average Bonchev–Trinajstić information content (AvgIpc) is 3.45. The van der Waals surface area contributed by atoms with E-state index in [0.29, 0.717) is 33.5 Å². The van der Waals surface area contributed by atoms with Gasteiger partial charge in [0.1, 0.15) is 12.3 Å². The Hall–Kier alpha value is -3.59. The molecule has 3 heterocycles. The highest BCUT2D eigenvalue weighted by Gasteiger charge is 2.18. The SMILES string of the molecule is COCCOC(=O)n1ccc(-c2ccc3c(c2)c2cc(-c4ccc(Cl)cc4Cl)c(=O)n(C)c2n3C)n1. The minimum Gasteiger partial charge on any atom is -0.445 e. The molecule has 0 aliphatic rings. The molecule has 8 nitrogen and oxygen atoms in total. The fourth-order valence-corrected chi connectivity index (χ4v) is 4.92. The van der Waals surface area contributed by atoms with Crippen LogP contribution in [0.1, 0.15) is 0 Å². The van der Waals surface area contributed by atoms with Crippen LogP contribution in [-0.2, 0) is 23.6 Å². The number of halogens is 2. The van der Waals surface area contributed by atoms with Crippen LogP contribution < -0.4 is 5.56 Å². The van der Waals surface area contributed by atoms with Crippen molar-refractivity contribution in [2.24, 2.45) is 14.1 Å². The van der Waals surface area contributed by atoms with Gasteiger partial charge in [-0.05, 0) is 36.4 Å². The molecule has 3 aromatic heterocycles. The molecule has 5 rings (SSSR count). The molecule has 0 spiro atoms. The summed E-state index contributed by atoms with van der Waals surface area (Å²) in [5, 5.41) is 7.10. The molecule has 0 fully saturated rings. The molecule has 10 heteroatoms. The van der Waals surface area contributed by atoms with Crippen molar-refractivity contribution < 1.29 is 14.3 Å². The minimum atomic E-state index is -0.580. The van der Waals surface area contributed by atoms with Crippen molar-refractivity contribution in [1.82, 2.24) is 18.9 Å². The average molecular weight is 525 g/mol. The molecule has 36 heavy (non-hydrogen) atoms. The van der Waals surface area contributed by atoms with E-state index >= 15 is 0 Å². The summed E-state index contributed by atoms with van der Waals surface area (Å²) < 4.78 is 14.8. The molecule has 0 saturated carbocycles. The lowest BCUT2D eigenvalue weighted by Crippen LogP contribution is -2.20. The van der Waals surface area contributed by atoms with E-state index in [1.54, 1.807) is 42.1 Å². The molecule has 2 aromatic carbocycles. The second-order valence-corrected chi connectivity index (χ2v) is 9.17. The molecule has 184 valence electrons. The largest absolute Gasteiger partial charge is 0.445 e. The first kappa shape index (κ1) is 24.1. The number of pyridine rings is 1. The van der Waals surface area contributed by atoms with Crippen molar-refractivity contribution in [3.63, 3.8) is 0 Å². The fourth-order valence-electron chi connectivity index (χ4n) is 4.41. The first-order valence-electron chi connectivity index (χ1n) is 11.1. The van der Waals surface area contributed by atoms with Crippen LogP contribution in [0.25, 0.3) is 44.3 Å². The highest BCUT2D eigenvalue weighted by atomic mass is 35.5. The summed E-state index contributed by atoms with van der Waals surface area (Å²) in [7, 11) is 5.20. The van der Waals surface area contributed by atoms with Gasteiger partial charge in [-0.2, -0.15) is 9.78 Å². The Morgan fingerprint density at radius 2 is 1.75 bits per heavy atom. The number of aryl methyl sites for hydroxylation is 2. The van der Waals surface area contributed by atoms with E-state index in [-0.39, 0.29) is 12.2 Å². The predicted octanol–water partition coefficient (Wildman–Crippen LogP) is 5.50. The third-order valence-corrected chi connectivity index (χ3v) is 6.70. The second-order valence-electron chi connectivity index (χ2n) is 8.33. The number of fused-ring (bicyclic) bond motifs is 3. The molecule has 0 bridgehead atoms. The van der Waals surface area contributed by atoms with Crippen molar-refractivity contribution in [3.8, 4) is 22.4 Å². The molecule has 0 saturated heterocycles. The van der Waals surface area contributed by atoms with Crippen LogP contribution in [0.5, 0.6) is 0 Å². The normalized spacial score (nSPS) is 11.5. The number of carbonyl (C=O) groups excluding carboxylic acids is 1. The molecule has 0 unspecified atom stereocenters. The molecular weight excluding hydrogens is 503 g/mol. The maximum Gasteiger partial charge on any atom is 0.434 e. The molecule has 0 aliphatic carbocycles. The van der Waals surface area contributed by atoms with Crippen LogP contribution >= 0.6 is 23.2 Å². The van der Waals surface area contributed by atoms with Crippen molar-refractivity contribution in [1.29, 1.82) is 0 Å². The van der Waals surface area contributed by atoms with Crippen molar-refractivity contribution in [2.75, 3.05) is 20.3 Å². The fraction of sp³-hybridized carbons (Fsp3) is 0.192. The van der Waals surface area contributed by atoms with Crippen LogP contribution in [0.4, 0.5) is 4.79 Å². The molecular formula is C26H22Cl2N4O4. The summed E-state index contributed by atoms with van der Waals surface area (Å²) >= 11 is 12.5. The van der Waals surface area contributed by atoms with Crippen LogP contribution in [0.15, 0.2) is 59.5 Å². The van der Waals surface area contributed by atoms with E-state index < -0.39 is 6.09 Å². The third-order valence-electron chi connectivity index (χ3n) is 6.15. The van der Waals surface area contributed by atoms with Gasteiger partial charge in [0.05, 0.1) is 22.8 Å². The Labute approximate surface area is 216 Å². The Morgan fingerprint density at radius 1 is 0.944 bits per heavy atom. The number of carbonyl (C=O) groups is 1. The number of ether oxygens (including phenoxy) is 2. The quantitative estimate of drug-likeness (QED) is 0.283. The molecule has 5 aromatic rings. The van der Waals surface area contributed by atoms with Crippen molar-refractivity contribution >= 4 is 51.2 Å². The summed E-state index contributed by atoms with van der Waals surface area (Å²) in [6.45, 7) is 0.453.